The van der Waals surface area contributed by atoms with E-state index < -0.39 is 10.5 Å². The Morgan fingerprint density at radius 1 is 1.50 bits per heavy atom. The van der Waals surface area contributed by atoms with E-state index in [1.807, 2.05) is 6.07 Å². The second-order valence-corrected chi connectivity index (χ2v) is 6.16. The molecule has 2 unspecified atom stereocenters. The van der Waals surface area contributed by atoms with Crippen molar-refractivity contribution in [1.82, 2.24) is 0 Å². The number of rotatable bonds is 4. The number of carbonyl (C=O) groups is 2. The first-order valence-electron chi connectivity index (χ1n) is 5.77. The van der Waals surface area contributed by atoms with E-state index in [1.54, 1.807) is 26.2 Å². The van der Waals surface area contributed by atoms with Crippen LogP contribution in [0.25, 0.3) is 0 Å². The Hall–Kier alpha value is -1.07. The summed E-state index contributed by atoms with van der Waals surface area (Å²) >= 11 is 1.35. The second-order valence-electron chi connectivity index (χ2n) is 4.80. The first-order valence-corrected chi connectivity index (χ1v) is 6.75. The Balaban J connectivity index is 2.07. The highest BCUT2D eigenvalue weighted by Crippen LogP contribution is 2.43. The molecule has 1 aromatic rings. The Bertz CT molecular complexity index is 467. The first-order chi connectivity index (χ1) is 8.36. The molecule has 0 bridgehead atoms. The lowest BCUT2D eigenvalue weighted by Gasteiger charge is -2.26. The van der Waals surface area contributed by atoms with Gasteiger partial charge in [-0.3, -0.25) is 9.59 Å². The molecule has 1 saturated heterocycles. The van der Waals surface area contributed by atoms with E-state index in [9.17, 15) is 9.59 Å². The SMILES string of the molecule is CC(=O)C1(C)CC(=O)C(C)(SCc2ccco2)O1. The van der Waals surface area contributed by atoms with Crippen LogP contribution in [-0.2, 0) is 20.1 Å². The fraction of sp³-hybridized carbons (Fsp3) is 0.538. The monoisotopic (exact) mass is 268 g/mol. The van der Waals surface area contributed by atoms with Gasteiger partial charge in [0.15, 0.2) is 16.5 Å². The minimum Gasteiger partial charge on any atom is -0.468 e. The van der Waals surface area contributed by atoms with Crippen molar-refractivity contribution < 1.29 is 18.7 Å². The van der Waals surface area contributed by atoms with E-state index in [0.717, 1.165) is 5.76 Å². The normalized spacial score (nSPS) is 31.8. The summed E-state index contributed by atoms with van der Waals surface area (Å²) in [6.45, 7) is 4.85. The van der Waals surface area contributed by atoms with Gasteiger partial charge in [0.05, 0.1) is 12.0 Å². The molecule has 0 amide bonds. The maximum Gasteiger partial charge on any atom is 0.178 e. The van der Waals surface area contributed by atoms with E-state index in [0.29, 0.717) is 5.75 Å². The van der Waals surface area contributed by atoms with Crippen LogP contribution >= 0.6 is 11.8 Å². The predicted molar refractivity (Wildman–Crippen MR) is 68.2 cm³/mol. The summed E-state index contributed by atoms with van der Waals surface area (Å²) in [5.74, 6) is 1.17. The molecule has 0 N–H and O–H groups in total. The standard InChI is InChI=1S/C13H16O4S/c1-9(14)12(2)7-11(15)13(3,17-12)18-8-10-5-4-6-16-10/h4-6H,7-8H2,1-3H3. The lowest BCUT2D eigenvalue weighted by Crippen LogP contribution is -2.36. The highest BCUT2D eigenvalue weighted by Gasteiger charge is 2.53. The van der Waals surface area contributed by atoms with Crippen molar-refractivity contribution >= 4 is 23.3 Å². The van der Waals surface area contributed by atoms with Gasteiger partial charge in [0.2, 0.25) is 0 Å². The van der Waals surface area contributed by atoms with E-state index in [-0.39, 0.29) is 18.0 Å². The number of thioether (sulfide) groups is 1. The van der Waals surface area contributed by atoms with Crippen LogP contribution in [-0.4, -0.2) is 22.1 Å². The predicted octanol–water partition coefficient (Wildman–Crippen LogP) is 2.57. The summed E-state index contributed by atoms with van der Waals surface area (Å²) < 4.78 is 10.9. The third-order valence-electron chi connectivity index (χ3n) is 3.24. The van der Waals surface area contributed by atoms with Crippen LogP contribution in [0.4, 0.5) is 0 Å². The average molecular weight is 268 g/mol. The van der Waals surface area contributed by atoms with Gasteiger partial charge in [0, 0.05) is 6.42 Å². The largest absolute Gasteiger partial charge is 0.468 e. The van der Waals surface area contributed by atoms with Crippen LogP contribution < -0.4 is 0 Å². The lowest BCUT2D eigenvalue weighted by molar-refractivity contribution is -0.140. The van der Waals surface area contributed by atoms with Gasteiger partial charge in [-0.1, -0.05) is 0 Å². The lowest BCUT2D eigenvalue weighted by atomic mass is 9.97. The number of ketones is 2. The van der Waals surface area contributed by atoms with E-state index >= 15 is 0 Å². The van der Waals surface area contributed by atoms with Crippen molar-refractivity contribution in [3.63, 3.8) is 0 Å². The molecule has 0 radical (unpaired) electrons. The molecule has 1 fully saturated rings. The van der Waals surface area contributed by atoms with Crippen LogP contribution in [0.3, 0.4) is 0 Å². The number of hydrogen-bond acceptors (Lipinski definition) is 5. The van der Waals surface area contributed by atoms with Crippen molar-refractivity contribution in [3.05, 3.63) is 24.2 Å². The fourth-order valence-corrected chi connectivity index (χ4v) is 2.96. The molecular weight excluding hydrogens is 252 g/mol. The molecule has 98 valence electrons. The average Bonchev–Trinajstić information content (AvgIpc) is 2.85. The summed E-state index contributed by atoms with van der Waals surface area (Å²) in [5, 5.41) is 0. The maximum absolute atomic E-state index is 12.0. The van der Waals surface area contributed by atoms with Crippen molar-refractivity contribution in [3.8, 4) is 0 Å². The van der Waals surface area contributed by atoms with E-state index in [1.165, 1.54) is 18.7 Å². The molecular formula is C13H16O4S. The first kappa shape index (κ1) is 13.4. The highest BCUT2D eigenvalue weighted by atomic mass is 32.2. The van der Waals surface area contributed by atoms with Crippen LogP contribution in [0.5, 0.6) is 0 Å². The zero-order chi connectivity index (χ0) is 13.4. The molecule has 1 aromatic heterocycles. The molecule has 5 heteroatoms. The van der Waals surface area contributed by atoms with Gasteiger partial charge >= 0.3 is 0 Å². The van der Waals surface area contributed by atoms with Crippen LogP contribution in [0, 0.1) is 0 Å². The Morgan fingerprint density at radius 2 is 2.22 bits per heavy atom. The summed E-state index contributed by atoms with van der Waals surface area (Å²) in [4.78, 5) is 22.6. The summed E-state index contributed by atoms with van der Waals surface area (Å²) in [5.41, 5.74) is -0.984. The molecule has 1 aliphatic heterocycles. The van der Waals surface area contributed by atoms with Crippen molar-refractivity contribution in [1.29, 1.82) is 0 Å². The summed E-state index contributed by atoms with van der Waals surface area (Å²) in [6.07, 6.45) is 1.74. The number of carbonyl (C=O) groups excluding carboxylic acids is 2. The molecule has 2 rings (SSSR count). The minimum atomic E-state index is -0.984. The molecule has 0 aromatic carbocycles. The van der Waals surface area contributed by atoms with Crippen molar-refractivity contribution in [2.45, 2.75) is 43.5 Å². The van der Waals surface area contributed by atoms with Gasteiger partial charge in [-0.25, -0.2) is 0 Å². The zero-order valence-corrected chi connectivity index (χ0v) is 11.5. The topological polar surface area (TPSA) is 56.5 Å². The van der Waals surface area contributed by atoms with Crippen LogP contribution in [0.15, 0.2) is 22.8 Å². The number of hydrogen-bond donors (Lipinski definition) is 0. The number of Topliss-reactive ketones (excluding diaryl/α,β-unsaturated/α-hetero) is 2. The van der Waals surface area contributed by atoms with Crippen LogP contribution in [0.2, 0.25) is 0 Å². The smallest absolute Gasteiger partial charge is 0.178 e. The zero-order valence-electron chi connectivity index (χ0n) is 10.7. The summed E-state index contributed by atoms with van der Waals surface area (Å²) in [7, 11) is 0. The molecule has 2 heterocycles. The fourth-order valence-electron chi connectivity index (χ4n) is 1.90. The van der Waals surface area contributed by atoms with Crippen molar-refractivity contribution in [2.24, 2.45) is 0 Å². The molecule has 0 saturated carbocycles. The molecule has 4 nitrogen and oxygen atoms in total. The van der Waals surface area contributed by atoms with Gasteiger partial charge < -0.3 is 9.15 Å². The van der Waals surface area contributed by atoms with E-state index in [2.05, 4.69) is 0 Å². The Morgan fingerprint density at radius 3 is 2.72 bits per heavy atom. The minimum absolute atomic E-state index is 0.0447. The highest BCUT2D eigenvalue weighted by molar-refractivity contribution is 8.00. The van der Waals surface area contributed by atoms with Crippen LogP contribution in [0.1, 0.15) is 33.0 Å². The Kier molecular flexibility index (Phi) is 3.38. The molecule has 1 aliphatic rings. The summed E-state index contributed by atoms with van der Waals surface area (Å²) in [6, 6.07) is 3.65. The third kappa shape index (κ3) is 2.37. The molecule has 18 heavy (non-hydrogen) atoms. The third-order valence-corrected chi connectivity index (χ3v) is 4.53. The van der Waals surface area contributed by atoms with Gasteiger partial charge in [0.25, 0.3) is 0 Å². The number of ether oxygens (including phenoxy) is 1. The van der Waals surface area contributed by atoms with Crippen molar-refractivity contribution in [2.75, 3.05) is 0 Å². The van der Waals surface area contributed by atoms with Gasteiger partial charge in [-0.2, -0.15) is 0 Å². The van der Waals surface area contributed by atoms with Gasteiger partial charge in [-0.15, -0.1) is 11.8 Å². The molecule has 2 atom stereocenters. The number of furan rings is 1. The van der Waals surface area contributed by atoms with Gasteiger partial charge in [0.1, 0.15) is 11.4 Å². The van der Waals surface area contributed by atoms with E-state index in [4.69, 9.17) is 9.15 Å². The maximum atomic E-state index is 12.0. The quantitative estimate of drug-likeness (QED) is 0.840. The molecule has 0 aliphatic carbocycles. The second kappa shape index (κ2) is 4.55. The Labute approximate surface area is 110 Å². The molecule has 0 spiro atoms. The van der Waals surface area contributed by atoms with Gasteiger partial charge in [-0.05, 0) is 32.9 Å².